The maximum atomic E-state index is 15.1. The smallest absolute Gasteiger partial charge is 0.429 e. The molecule has 0 amide bonds. The zero-order valence-corrected chi connectivity index (χ0v) is 25.2. The minimum absolute atomic E-state index is 0.0644. The monoisotopic (exact) mass is 622 g/mol. The first kappa shape index (κ1) is 32.4. The number of unbranched alkanes of at least 4 members (excludes halogenated alkanes) is 2. The van der Waals surface area contributed by atoms with Crippen LogP contribution in [-0.2, 0) is 6.11 Å². The lowest BCUT2D eigenvalue weighted by Crippen LogP contribution is -2.25. The van der Waals surface area contributed by atoms with Crippen LogP contribution in [0, 0.1) is 29.2 Å². The van der Waals surface area contributed by atoms with Crippen molar-refractivity contribution in [1.29, 1.82) is 0 Å². The Morgan fingerprint density at radius 3 is 1.96 bits per heavy atom. The van der Waals surface area contributed by atoms with E-state index in [1.807, 2.05) is 0 Å². The van der Waals surface area contributed by atoms with E-state index in [1.54, 1.807) is 12.1 Å². The van der Waals surface area contributed by atoms with Crippen LogP contribution in [0.2, 0.25) is 0 Å². The highest BCUT2D eigenvalue weighted by atomic mass is 19.3. The van der Waals surface area contributed by atoms with Crippen molar-refractivity contribution in [3.63, 3.8) is 0 Å². The van der Waals surface area contributed by atoms with E-state index in [0.29, 0.717) is 33.7 Å². The van der Waals surface area contributed by atoms with Gasteiger partial charge in [0, 0.05) is 11.1 Å². The molecule has 0 N–H and O–H groups in total. The fraction of sp³-hybridized carbons (Fsp3) is 0.316. The number of alkyl halides is 2. The van der Waals surface area contributed by atoms with E-state index < -0.39 is 34.9 Å². The Morgan fingerprint density at radius 1 is 0.733 bits per heavy atom. The van der Waals surface area contributed by atoms with Crippen LogP contribution < -0.4 is 4.74 Å². The first-order valence-corrected chi connectivity index (χ1v) is 15.5. The average Bonchev–Trinajstić information content (AvgIpc) is 3.01. The summed E-state index contributed by atoms with van der Waals surface area (Å²) in [5, 5.41) is 0. The van der Waals surface area contributed by atoms with Gasteiger partial charge in [0.2, 0.25) is 0 Å². The summed E-state index contributed by atoms with van der Waals surface area (Å²) < 4.78 is 94.2. The van der Waals surface area contributed by atoms with Crippen LogP contribution in [0.3, 0.4) is 0 Å². The van der Waals surface area contributed by atoms with E-state index in [9.17, 15) is 8.78 Å². The minimum Gasteiger partial charge on any atom is -0.429 e. The molecule has 1 saturated carbocycles. The summed E-state index contributed by atoms with van der Waals surface area (Å²) in [6.45, 7) is 5.70. The Kier molecular flexibility index (Phi) is 10.1. The summed E-state index contributed by atoms with van der Waals surface area (Å²) in [4.78, 5) is 0. The van der Waals surface area contributed by atoms with Crippen LogP contribution in [0.15, 0.2) is 79.4 Å². The molecule has 1 aliphatic rings. The van der Waals surface area contributed by atoms with Crippen molar-refractivity contribution < 1.29 is 31.1 Å². The van der Waals surface area contributed by atoms with E-state index in [0.717, 1.165) is 50.7 Å². The molecule has 4 aromatic carbocycles. The molecule has 236 valence electrons. The summed E-state index contributed by atoms with van der Waals surface area (Å²) in [6, 6.07) is 16.0. The highest BCUT2D eigenvalue weighted by molar-refractivity contribution is 5.72. The largest absolute Gasteiger partial charge is 0.432 e. The van der Waals surface area contributed by atoms with Gasteiger partial charge in [0.25, 0.3) is 0 Å². The van der Waals surface area contributed by atoms with Gasteiger partial charge in [0.1, 0.15) is 34.6 Å². The summed E-state index contributed by atoms with van der Waals surface area (Å²) >= 11 is 0. The van der Waals surface area contributed by atoms with Gasteiger partial charge in [-0.3, -0.25) is 0 Å². The molecule has 0 spiro atoms. The van der Waals surface area contributed by atoms with Crippen molar-refractivity contribution in [2.45, 2.75) is 70.3 Å². The van der Waals surface area contributed by atoms with Gasteiger partial charge < -0.3 is 4.74 Å². The van der Waals surface area contributed by atoms with Crippen molar-refractivity contribution in [2.75, 3.05) is 0 Å². The molecular formula is C38H36F6O. The molecule has 0 unspecified atom stereocenters. The quantitative estimate of drug-likeness (QED) is 0.119. The SMILES string of the molecule is C=Cc1ccc(-c2ccc(-c3ccc(OC(F)(F)c4c(F)cc(C5CCC(CCCCC)CC5)cc4F)cc3)cc2F)cc1F. The molecule has 45 heavy (non-hydrogen) atoms. The molecule has 0 aromatic heterocycles. The van der Waals surface area contributed by atoms with Crippen LogP contribution in [-0.4, -0.2) is 0 Å². The molecule has 4 aromatic rings. The molecule has 0 radical (unpaired) electrons. The fourth-order valence-electron chi connectivity index (χ4n) is 6.28. The van der Waals surface area contributed by atoms with Crippen LogP contribution in [0.25, 0.3) is 28.3 Å². The predicted octanol–water partition coefficient (Wildman–Crippen LogP) is 12.2. The minimum atomic E-state index is -4.27. The van der Waals surface area contributed by atoms with Gasteiger partial charge in [-0.25, -0.2) is 17.6 Å². The topological polar surface area (TPSA) is 9.23 Å². The Morgan fingerprint density at radius 2 is 1.36 bits per heavy atom. The molecule has 0 bridgehead atoms. The van der Waals surface area contributed by atoms with Gasteiger partial charge in [-0.1, -0.05) is 81.7 Å². The maximum absolute atomic E-state index is 15.1. The Bertz CT molecular complexity index is 1610. The van der Waals surface area contributed by atoms with Gasteiger partial charge in [0.15, 0.2) is 0 Å². The second-order valence-corrected chi connectivity index (χ2v) is 11.9. The van der Waals surface area contributed by atoms with E-state index in [4.69, 9.17) is 4.74 Å². The van der Waals surface area contributed by atoms with Gasteiger partial charge >= 0.3 is 6.11 Å². The Labute approximate surface area is 260 Å². The van der Waals surface area contributed by atoms with Crippen molar-refractivity contribution in [3.05, 3.63) is 119 Å². The summed E-state index contributed by atoms with van der Waals surface area (Å²) in [5.41, 5.74) is 0.754. The number of benzene rings is 4. The number of hydrogen-bond acceptors (Lipinski definition) is 1. The zero-order valence-electron chi connectivity index (χ0n) is 25.2. The molecule has 0 atom stereocenters. The van der Waals surface area contributed by atoms with Crippen molar-refractivity contribution in [3.8, 4) is 28.0 Å². The third kappa shape index (κ3) is 7.46. The lowest BCUT2D eigenvalue weighted by molar-refractivity contribution is -0.189. The molecule has 0 heterocycles. The molecule has 1 nitrogen and oxygen atoms in total. The Balaban J connectivity index is 1.26. The second-order valence-electron chi connectivity index (χ2n) is 11.9. The van der Waals surface area contributed by atoms with Crippen molar-refractivity contribution in [1.82, 2.24) is 0 Å². The number of hydrogen-bond donors (Lipinski definition) is 0. The lowest BCUT2D eigenvalue weighted by Gasteiger charge is -2.29. The zero-order chi connectivity index (χ0) is 32.1. The molecular weight excluding hydrogens is 586 g/mol. The second kappa shape index (κ2) is 14.0. The van der Waals surface area contributed by atoms with E-state index in [-0.39, 0.29) is 17.2 Å². The highest BCUT2D eigenvalue weighted by Crippen LogP contribution is 2.41. The molecule has 0 saturated heterocycles. The first-order valence-electron chi connectivity index (χ1n) is 15.5. The van der Waals surface area contributed by atoms with E-state index >= 15 is 17.6 Å². The number of ether oxygens (including phenoxy) is 1. The van der Waals surface area contributed by atoms with E-state index in [1.165, 1.54) is 67.4 Å². The standard InChI is InChI=1S/C38H36F6O/c1-3-5-6-7-24-8-10-27(11-9-24)30-22-35(41)37(36(42)23-30)38(43,44)45-31-17-14-26(15-18-31)28-16-19-32(34(40)20-28)29-13-12-25(4-2)33(39)21-29/h4,12-24,27H,2-3,5-11H2,1H3. The van der Waals surface area contributed by atoms with Crippen LogP contribution in [0.4, 0.5) is 26.3 Å². The van der Waals surface area contributed by atoms with Crippen LogP contribution in [0.5, 0.6) is 5.75 Å². The van der Waals surface area contributed by atoms with Gasteiger partial charge in [-0.2, -0.15) is 8.78 Å². The summed E-state index contributed by atoms with van der Waals surface area (Å²) in [7, 11) is 0. The molecule has 0 aliphatic heterocycles. The molecule has 7 heteroatoms. The van der Waals surface area contributed by atoms with Gasteiger partial charge in [-0.15, -0.1) is 0 Å². The van der Waals surface area contributed by atoms with Crippen LogP contribution >= 0.6 is 0 Å². The fourth-order valence-corrected chi connectivity index (χ4v) is 6.28. The third-order valence-corrected chi connectivity index (χ3v) is 8.82. The van der Waals surface area contributed by atoms with Crippen molar-refractivity contribution in [2.24, 2.45) is 5.92 Å². The summed E-state index contributed by atoms with van der Waals surface area (Å²) in [6.07, 6.45) is 5.29. The van der Waals surface area contributed by atoms with Gasteiger partial charge in [0.05, 0.1) is 0 Å². The first-order chi connectivity index (χ1) is 21.6. The maximum Gasteiger partial charge on any atom is 0.432 e. The van der Waals surface area contributed by atoms with E-state index in [2.05, 4.69) is 13.5 Å². The molecule has 1 fully saturated rings. The molecule has 1 aliphatic carbocycles. The van der Waals surface area contributed by atoms with Gasteiger partial charge in [-0.05, 0) is 96.2 Å². The number of halogens is 6. The average molecular weight is 623 g/mol. The third-order valence-electron chi connectivity index (χ3n) is 8.82. The molecule has 5 rings (SSSR count). The Hall–Kier alpha value is -4.00. The highest BCUT2D eigenvalue weighted by Gasteiger charge is 2.41. The predicted molar refractivity (Wildman–Crippen MR) is 167 cm³/mol. The lowest BCUT2D eigenvalue weighted by atomic mass is 9.77. The summed E-state index contributed by atoms with van der Waals surface area (Å²) in [5.74, 6) is -3.58. The number of rotatable bonds is 11. The van der Waals surface area contributed by atoms with Crippen molar-refractivity contribution >= 4 is 6.08 Å². The van der Waals surface area contributed by atoms with Crippen LogP contribution in [0.1, 0.15) is 80.9 Å². The normalized spacial score (nSPS) is 16.9.